The van der Waals surface area contributed by atoms with Crippen LogP contribution in [0.5, 0.6) is 0 Å². The summed E-state index contributed by atoms with van der Waals surface area (Å²) in [5, 5.41) is 2.61. The molecule has 0 saturated carbocycles. The van der Waals surface area contributed by atoms with Crippen molar-refractivity contribution in [2.24, 2.45) is 0 Å². The fourth-order valence-electron chi connectivity index (χ4n) is 2.12. The van der Waals surface area contributed by atoms with E-state index in [9.17, 15) is 4.79 Å². The molecule has 0 saturated heterocycles. The number of hydrogen-bond acceptors (Lipinski definition) is 4. The molecule has 20 heavy (non-hydrogen) atoms. The van der Waals surface area contributed by atoms with Gasteiger partial charge in [-0.15, -0.1) is 0 Å². The minimum Gasteiger partial charge on any atom is -0.381 e. The molecule has 0 aliphatic carbocycles. The van der Waals surface area contributed by atoms with E-state index in [-0.39, 0.29) is 5.91 Å². The molecule has 6 nitrogen and oxygen atoms in total. The number of nitrogens with two attached hydrogens (primary N) is 1. The average Bonchev–Trinajstić information content (AvgIpc) is 2.97. The predicted octanol–water partition coefficient (Wildman–Crippen LogP) is 1.34. The monoisotopic (exact) mass is 267 g/mol. The van der Waals surface area contributed by atoms with Crippen molar-refractivity contribution in [1.29, 1.82) is 0 Å². The third kappa shape index (κ3) is 1.87. The van der Waals surface area contributed by atoms with Crippen LogP contribution in [0.25, 0.3) is 16.9 Å². The first-order valence-corrected chi connectivity index (χ1v) is 6.11. The quantitative estimate of drug-likeness (QED) is 0.733. The maximum Gasteiger partial charge on any atom is 0.251 e. The van der Waals surface area contributed by atoms with Crippen LogP contribution in [0.2, 0.25) is 0 Å². The molecular weight excluding hydrogens is 254 g/mol. The Labute approximate surface area is 115 Å². The van der Waals surface area contributed by atoms with Crippen LogP contribution in [0.3, 0.4) is 0 Å². The fourth-order valence-corrected chi connectivity index (χ4v) is 2.12. The van der Waals surface area contributed by atoms with Crippen LogP contribution in [-0.2, 0) is 0 Å². The minimum atomic E-state index is -0.128. The van der Waals surface area contributed by atoms with Crippen LogP contribution < -0.4 is 11.1 Å². The number of nitrogens with one attached hydrogen (secondary N) is 1. The lowest BCUT2D eigenvalue weighted by Gasteiger charge is -2.08. The van der Waals surface area contributed by atoms with E-state index in [0.29, 0.717) is 17.0 Å². The molecule has 3 rings (SSSR count). The molecule has 100 valence electrons. The molecule has 3 aromatic rings. The molecule has 0 aliphatic heterocycles. The lowest BCUT2D eigenvalue weighted by atomic mass is 10.1. The molecule has 6 heteroatoms. The van der Waals surface area contributed by atoms with Gasteiger partial charge in [-0.2, -0.15) is 0 Å². The van der Waals surface area contributed by atoms with E-state index >= 15 is 0 Å². The number of hydrogen-bond donors (Lipinski definition) is 2. The first kappa shape index (κ1) is 12.2. The second-order valence-corrected chi connectivity index (χ2v) is 4.31. The third-order valence-electron chi connectivity index (χ3n) is 3.10. The number of rotatable bonds is 2. The Morgan fingerprint density at radius 2 is 2.20 bits per heavy atom. The van der Waals surface area contributed by atoms with Crippen molar-refractivity contribution >= 4 is 17.4 Å². The van der Waals surface area contributed by atoms with Crippen molar-refractivity contribution in [2.75, 3.05) is 12.8 Å². The number of imidazole rings is 1. The zero-order valence-corrected chi connectivity index (χ0v) is 10.9. The Morgan fingerprint density at radius 3 is 3.00 bits per heavy atom. The molecule has 0 fully saturated rings. The summed E-state index contributed by atoms with van der Waals surface area (Å²) in [5.74, 6) is 0.248. The van der Waals surface area contributed by atoms with Gasteiger partial charge in [-0.1, -0.05) is 12.1 Å². The minimum absolute atomic E-state index is 0.128. The molecule has 0 spiro atoms. The summed E-state index contributed by atoms with van der Waals surface area (Å²) >= 11 is 0. The Kier molecular flexibility index (Phi) is 2.83. The summed E-state index contributed by atoms with van der Waals surface area (Å²) in [6, 6.07) is 7.32. The Bertz CT molecular complexity index is 793. The zero-order valence-electron chi connectivity index (χ0n) is 10.9. The fraction of sp³-hybridized carbons (Fsp3) is 0.0714. The first-order chi connectivity index (χ1) is 9.70. The number of nitrogen functional groups attached to an aromatic ring is 1. The topological polar surface area (TPSA) is 85.3 Å². The Balaban J connectivity index is 2.18. The molecule has 2 heterocycles. The van der Waals surface area contributed by atoms with E-state index in [1.165, 1.54) is 0 Å². The van der Waals surface area contributed by atoms with Gasteiger partial charge in [0.15, 0.2) is 11.5 Å². The largest absolute Gasteiger partial charge is 0.381 e. The second kappa shape index (κ2) is 4.65. The van der Waals surface area contributed by atoms with Crippen molar-refractivity contribution in [3.63, 3.8) is 0 Å². The molecule has 0 unspecified atom stereocenters. The normalized spacial score (nSPS) is 10.7. The summed E-state index contributed by atoms with van der Waals surface area (Å²) in [4.78, 5) is 20.0. The van der Waals surface area contributed by atoms with Gasteiger partial charge in [-0.05, 0) is 12.1 Å². The van der Waals surface area contributed by atoms with Gasteiger partial charge in [-0.25, -0.2) is 9.97 Å². The molecule has 3 N–H and O–H groups in total. The average molecular weight is 267 g/mol. The van der Waals surface area contributed by atoms with Crippen LogP contribution in [0.1, 0.15) is 10.4 Å². The van der Waals surface area contributed by atoms with Crippen LogP contribution >= 0.6 is 0 Å². The number of carbonyl (C=O) groups excluding carboxylic acids is 1. The molecule has 2 aromatic heterocycles. The van der Waals surface area contributed by atoms with Crippen molar-refractivity contribution in [1.82, 2.24) is 19.7 Å². The van der Waals surface area contributed by atoms with E-state index in [0.717, 1.165) is 11.3 Å². The van der Waals surface area contributed by atoms with Crippen molar-refractivity contribution in [3.05, 3.63) is 48.4 Å². The molecule has 1 amide bonds. The van der Waals surface area contributed by atoms with Crippen LogP contribution in [0.4, 0.5) is 5.82 Å². The number of amides is 1. The van der Waals surface area contributed by atoms with Gasteiger partial charge >= 0.3 is 0 Å². The maximum atomic E-state index is 11.7. The van der Waals surface area contributed by atoms with Crippen molar-refractivity contribution < 1.29 is 4.79 Å². The molecule has 0 bridgehead atoms. The van der Waals surface area contributed by atoms with Crippen molar-refractivity contribution in [3.8, 4) is 11.3 Å². The summed E-state index contributed by atoms with van der Waals surface area (Å²) in [6.45, 7) is 0. The molecule has 1 aromatic carbocycles. The number of aromatic nitrogens is 3. The molecule has 0 radical (unpaired) electrons. The van der Waals surface area contributed by atoms with Gasteiger partial charge in [0.2, 0.25) is 0 Å². The lowest BCUT2D eigenvalue weighted by molar-refractivity contribution is 0.0963. The number of fused-ring (bicyclic) bond motifs is 1. The SMILES string of the molecule is CNC(=O)c1cccc(-c2cnc(N)c3nccn23)c1. The summed E-state index contributed by atoms with van der Waals surface area (Å²) < 4.78 is 1.85. The highest BCUT2D eigenvalue weighted by atomic mass is 16.1. The van der Waals surface area contributed by atoms with Gasteiger partial charge in [-0.3, -0.25) is 9.20 Å². The zero-order chi connectivity index (χ0) is 14.1. The third-order valence-corrected chi connectivity index (χ3v) is 3.10. The van der Waals surface area contributed by atoms with E-state index in [4.69, 9.17) is 5.73 Å². The van der Waals surface area contributed by atoms with Crippen LogP contribution in [0, 0.1) is 0 Å². The number of anilines is 1. The summed E-state index contributed by atoms with van der Waals surface area (Å²) in [6.07, 6.45) is 5.15. The number of benzene rings is 1. The number of nitrogens with zero attached hydrogens (tertiary/aromatic N) is 3. The number of carbonyl (C=O) groups is 1. The van der Waals surface area contributed by atoms with E-state index in [1.807, 2.05) is 28.8 Å². The highest BCUT2D eigenvalue weighted by Gasteiger charge is 2.10. The van der Waals surface area contributed by atoms with E-state index < -0.39 is 0 Å². The molecule has 0 atom stereocenters. The second-order valence-electron chi connectivity index (χ2n) is 4.31. The first-order valence-electron chi connectivity index (χ1n) is 6.11. The predicted molar refractivity (Wildman–Crippen MR) is 76.2 cm³/mol. The van der Waals surface area contributed by atoms with E-state index in [2.05, 4.69) is 15.3 Å². The Morgan fingerprint density at radius 1 is 1.35 bits per heavy atom. The van der Waals surface area contributed by atoms with Gasteiger partial charge < -0.3 is 11.1 Å². The van der Waals surface area contributed by atoms with E-state index in [1.54, 1.807) is 25.5 Å². The lowest BCUT2D eigenvalue weighted by Crippen LogP contribution is -2.17. The van der Waals surface area contributed by atoms with Crippen LogP contribution in [-0.4, -0.2) is 27.3 Å². The molecule has 0 aliphatic rings. The van der Waals surface area contributed by atoms with Gasteiger partial charge in [0.25, 0.3) is 5.91 Å². The molecular formula is C14H13N5O. The highest BCUT2D eigenvalue weighted by molar-refractivity contribution is 5.95. The maximum absolute atomic E-state index is 11.7. The van der Waals surface area contributed by atoms with Crippen molar-refractivity contribution in [2.45, 2.75) is 0 Å². The summed E-state index contributed by atoms with van der Waals surface area (Å²) in [7, 11) is 1.61. The summed E-state index contributed by atoms with van der Waals surface area (Å²) in [5.41, 5.74) is 8.69. The van der Waals surface area contributed by atoms with Crippen LogP contribution in [0.15, 0.2) is 42.9 Å². The smallest absolute Gasteiger partial charge is 0.251 e. The van der Waals surface area contributed by atoms with Gasteiger partial charge in [0, 0.05) is 30.6 Å². The highest BCUT2D eigenvalue weighted by Crippen LogP contribution is 2.22. The van der Waals surface area contributed by atoms with Gasteiger partial charge in [0.1, 0.15) is 0 Å². The Hall–Kier alpha value is -2.89. The van der Waals surface area contributed by atoms with Gasteiger partial charge in [0.05, 0.1) is 11.9 Å². The standard InChI is InChI=1S/C14H13N5O/c1-16-14(20)10-4-2-3-9(7-10)11-8-18-12(15)13-17-5-6-19(11)13/h2-8H,1H3,(H2,15,18)(H,16,20).